The van der Waals surface area contributed by atoms with E-state index in [-0.39, 0.29) is 18.2 Å². The van der Waals surface area contributed by atoms with Crippen LogP contribution in [-0.2, 0) is 15.8 Å². The number of fused-ring (bicyclic) bond motifs is 2. The van der Waals surface area contributed by atoms with E-state index in [0.29, 0.717) is 18.6 Å². The Balaban J connectivity index is 1.43. The number of anilines is 1. The first kappa shape index (κ1) is 20.5. The molecule has 0 aromatic heterocycles. The van der Waals surface area contributed by atoms with Gasteiger partial charge in [-0.3, -0.25) is 9.59 Å². The minimum atomic E-state index is -4.59. The Bertz CT molecular complexity index is 1090. The van der Waals surface area contributed by atoms with Crippen molar-refractivity contribution in [2.24, 2.45) is 17.8 Å². The van der Waals surface area contributed by atoms with Gasteiger partial charge in [-0.05, 0) is 49.1 Å². The maximum atomic E-state index is 13.3. The third kappa shape index (κ3) is 3.23. The van der Waals surface area contributed by atoms with Crippen molar-refractivity contribution in [2.45, 2.75) is 25.1 Å². The molecule has 6 nitrogen and oxygen atoms in total. The Kier molecular flexibility index (Phi) is 4.72. The Hall–Kier alpha value is -3.36. The molecule has 4 fully saturated rings. The molecule has 3 saturated heterocycles. The lowest BCUT2D eigenvalue weighted by molar-refractivity contribution is -0.137. The molecule has 6 rings (SSSR count). The number of para-hydroxylation sites is 1. The zero-order valence-electron chi connectivity index (χ0n) is 16.8. The summed E-state index contributed by atoms with van der Waals surface area (Å²) in [6.45, 7) is 0.271. The molecule has 9 heteroatoms. The van der Waals surface area contributed by atoms with E-state index >= 15 is 0 Å². The second-order valence-electron chi connectivity index (χ2n) is 8.35. The normalized spacial score (nSPS) is 27.0. The van der Waals surface area contributed by atoms with Crippen molar-refractivity contribution in [1.82, 2.24) is 4.90 Å². The molecule has 0 radical (unpaired) electrons. The molecule has 3 amide bonds. The molecule has 2 bridgehead atoms. The fourth-order valence-corrected chi connectivity index (χ4v) is 5.23. The topological polar surface area (TPSA) is 66.9 Å². The van der Waals surface area contributed by atoms with Crippen molar-refractivity contribution in [3.8, 4) is 5.75 Å². The van der Waals surface area contributed by atoms with Gasteiger partial charge in [0.2, 0.25) is 11.8 Å². The molecule has 2 aromatic rings. The summed E-state index contributed by atoms with van der Waals surface area (Å²) >= 11 is 0. The van der Waals surface area contributed by atoms with Crippen molar-refractivity contribution in [3.05, 3.63) is 60.2 Å². The fraction of sp³-hybridized carbons (Fsp3) is 0.348. The standard InChI is InChI=1S/C23H19F3N2O4/c24-23(25,26)14-5-4-6-15(11-14)28-20(29)18-13-9-10-17(19(18)21(28)30)27(12-13)22(31)32-16-7-2-1-3-8-16/h1-8,11,13,17-19H,9-10,12H2/t13-,17-,18-,19+/m0/s1. The monoisotopic (exact) mass is 444 g/mol. The zero-order valence-corrected chi connectivity index (χ0v) is 16.8. The highest BCUT2D eigenvalue weighted by Crippen LogP contribution is 2.49. The average Bonchev–Trinajstić information content (AvgIpc) is 3.06. The first-order chi connectivity index (χ1) is 15.3. The van der Waals surface area contributed by atoms with Crippen LogP contribution in [0, 0.1) is 17.8 Å². The van der Waals surface area contributed by atoms with Gasteiger partial charge in [0, 0.05) is 12.6 Å². The lowest BCUT2D eigenvalue weighted by Crippen LogP contribution is -2.60. The van der Waals surface area contributed by atoms with Crippen LogP contribution < -0.4 is 9.64 Å². The number of piperidine rings is 2. The number of carbonyl (C=O) groups excluding carboxylic acids is 3. The highest BCUT2D eigenvalue weighted by atomic mass is 19.4. The number of halogens is 3. The summed E-state index contributed by atoms with van der Waals surface area (Å²) in [6.07, 6.45) is -3.99. The smallest absolute Gasteiger partial charge is 0.410 e. The van der Waals surface area contributed by atoms with Crippen LogP contribution in [0.15, 0.2) is 54.6 Å². The molecule has 4 aliphatic rings. The van der Waals surface area contributed by atoms with Gasteiger partial charge < -0.3 is 9.64 Å². The predicted octanol–water partition coefficient (Wildman–Crippen LogP) is 4.10. The number of hydrogen-bond donors (Lipinski definition) is 0. The van der Waals surface area contributed by atoms with Crippen molar-refractivity contribution in [2.75, 3.05) is 11.4 Å². The summed E-state index contributed by atoms with van der Waals surface area (Å²) in [6, 6.07) is 12.2. The molecular formula is C23H19F3N2O4. The lowest BCUT2D eigenvalue weighted by atomic mass is 9.66. The third-order valence-corrected chi connectivity index (χ3v) is 6.60. The molecule has 3 heterocycles. The number of nitrogens with zero attached hydrogens (tertiary/aromatic N) is 2. The van der Waals surface area contributed by atoms with Crippen LogP contribution in [0.2, 0.25) is 0 Å². The minimum Gasteiger partial charge on any atom is -0.410 e. The first-order valence-corrected chi connectivity index (χ1v) is 10.3. The van der Waals surface area contributed by atoms with Gasteiger partial charge in [0.25, 0.3) is 0 Å². The predicted molar refractivity (Wildman–Crippen MR) is 107 cm³/mol. The molecule has 1 saturated carbocycles. The van der Waals surface area contributed by atoms with Crippen LogP contribution in [0.4, 0.5) is 23.7 Å². The third-order valence-electron chi connectivity index (χ3n) is 6.60. The van der Waals surface area contributed by atoms with E-state index in [9.17, 15) is 27.6 Å². The maximum absolute atomic E-state index is 13.3. The SMILES string of the molecule is O=C1[C@H]2[C@H]3CC[C@@H]([C@H]2C(=O)N1c1cccc(C(F)(F)F)c1)N(C(=O)Oc1ccccc1)C3. The quantitative estimate of drug-likeness (QED) is 0.654. The van der Waals surface area contributed by atoms with Crippen LogP contribution in [0.25, 0.3) is 0 Å². The number of imide groups is 1. The molecule has 3 aliphatic heterocycles. The summed E-state index contributed by atoms with van der Waals surface area (Å²) in [5, 5.41) is 0. The number of amides is 3. The minimum absolute atomic E-state index is 0.0953. The number of rotatable bonds is 2. The largest absolute Gasteiger partial charge is 0.416 e. The van der Waals surface area contributed by atoms with Crippen molar-refractivity contribution >= 4 is 23.6 Å². The molecule has 0 unspecified atom stereocenters. The van der Waals surface area contributed by atoms with Gasteiger partial charge >= 0.3 is 12.3 Å². The molecule has 1 aliphatic carbocycles. The lowest BCUT2D eigenvalue weighted by Gasteiger charge is -2.49. The van der Waals surface area contributed by atoms with Crippen molar-refractivity contribution in [3.63, 3.8) is 0 Å². The molecule has 2 aromatic carbocycles. The van der Waals surface area contributed by atoms with Gasteiger partial charge in [0.1, 0.15) is 5.75 Å². The number of carbonyl (C=O) groups is 3. The van der Waals surface area contributed by atoms with Crippen LogP contribution in [0.3, 0.4) is 0 Å². The van der Waals surface area contributed by atoms with Crippen LogP contribution >= 0.6 is 0 Å². The highest BCUT2D eigenvalue weighted by Gasteiger charge is 2.61. The summed E-state index contributed by atoms with van der Waals surface area (Å²) in [4.78, 5) is 41.6. The van der Waals surface area contributed by atoms with Crippen LogP contribution in [0.1, 0.15) is 18.4 Å². The van der Waals surface area contributed by atoms with Crippen molar-refractivity contribution < 1.29 is 32.3 Å². The summed E-state index contributed by atoms with van der Waals surface area (Å²) in [5.74, 6) is -2.36. The number of benzene rings is 2. The molecule has 166 valence electrons. The second-order valence-corrected chi connectivity index (χ2v) is 8.35. The van der Waals surface area contributed by atoms with E-state index in [2.05, 4.69) is 0 Å². The molecular weight excluding hydrogens is 425 g/mol. The Morgan fingerprint density at radius 2 is 1.66 bits per heavy atom. The molecule has 32 heavy (non-hydrogen) atoms. The summed E-state index contributed by atoms with van der Waals surface area (Å²) in [7, 11) is 0. The molecule has 0 N–H and O–H groups in total. The van der Waals surface area contributed by atoms with Gasteiger partial charge in [0.05, 0.1) is 23.1 Å². The molecule has 4 atom stereocenters. The summed E-state index contributed by atoms with van der Waals surface area (Å²) < 4.78 is 44.9. The average molecular weight is 444 g/mol. The fourth-order valence-electron chi connectivity index (χ4n) is 5.23. The zero-order chi connectivity index (χ0) is 22.6. The van der Waals surface area contributed by atoms with Gasteiger partial charge in [-0.2, -0.15) is 13.2 Å². The van der Waals surface area contributed by atoms with Crippen molar-refractivity contribution in [1.29, 1.82) is 0 Å². The first-order valence-electron chi connectivity index (χ1n) is 10.3. The Morgan fingerprint density at radius 3 is 2.38 bits per heavy atom. The van der Waals surface area contributed by atoms with Crippen LogP contribution in [0.5, 0.6) is 5.75 Å². The van der Waals surface area contributed by atoms with Gasteiger partial charge in [-0.1, -0.05) is 24.3 Å². The van der Waals surface area contributed by atoms with E-state index in [1.54, 1.807) is 30.3 Å². The van der Waals surface area contributed by atoms with E-state index in [1.807, 2.05) is 0 Å². The highest BCUT2D eigenvalue weighted by molar-refractivity contribution is 6.22. The van der Waals surface area contributed by atoms with E-state index in [4.69, 9.17) is 4.74 Å². The Labute approximate surface area is 181 Å². The number of hydrogen-bond acceptors (Lipinski definition) is 4. The van der Waals surface area contributed by atoms with E-state index in [1.165, 1.54) is 17.0 Å². The van der Waals surface area contributed by atoms with Gasteiger partial charge in [-0.25, -0.2) is 9.69 Å². The summed E-state index contributed by atoms with van der Waals surface area (Å²) in [5.41, 5.74) is -1.02. The number of alkyl halides is 3. The van der Waals surface area contributed by atoms with Gasteiger partial charge in [-0.15, -0.1) is 0 Å². The Morgan fingerprint density at radius 1 is 0.938 bits per heavy atom. The molecule has 0 spiro atoms. The van der Waals surface area contributed by atoms with Crippen LogP contribution in [-0.4, -0.2) is 35.4 Å². The van der Waals surface area contributed by atoms with Gasteiger partial charge in [0.15, 0.2) is 0 Å². The number of ether oxygens (including phenoxy) is 1. The van der Waals surface area contributed by atoms with E-state index < -0.39 is 47.5 Å². The van der Waals surface area contributed by atoms with E-state index in [0.717, 1.165) is 17.0 Å². The maximum Gasteiger partial charge on any atom is 0.416 e. The second kappa shape index (κ2) is 7.36.